The van der Waals surface area contributed by atoms with Crippen LogP contribution in [0.3, 0.4) is 0 Å². The smallest absolute Gasteiger partial charge is 0.348 e. The van der Waals surface area contributed by atoms with E-state index >= 15 is 0 Å². The molecule has 0 radical (unpaired) electrons. The monoisotopic (exact) mass is 410 g/mol. The van der Waals surface area contributed by atoms with E-state index in [1.165, 1.54) is 18.2 Å². The molecule has 0 spiro atoms. The van der Waals surface area contributed by atoms with Crippen LogP contribution < -0.4 is 5.32 Å². The van der Waals surface area contributed by atoms with Crippen molar-refractivity contribution in [1.29, 1.82) is 0 Å². The molecule has 1 N–H and O–H groups in total. The molecule has 4 rings (SSSR count). The number of hydrogen-bond donors (Lipinski definition) is 1. The van der Waals surface area contributed by atoms with Crippen molar-refractivity contribution in [2.24, 2.45) is 0 Å². The molecular weight excluding hydrogens is 393 g/mol. The number of pyridine rings is 1. The topological polar surface area (TPSA) is 59.8 Å². The van der Waals surface area contributed by atoms with E-state index in [0.29, 0.717) is 6.54 Å². The fourth-order valence-corrected chi connectivity index (χ4v) is 3.33. The van der Waals surface area contributed by atoms with Crippen LogP contribution in [-0.4, -0.2) is 20.4 Å². The first-order valence-corrected chi connectivity index (χ1v) is 9.18. The van der Waals surface area contributed by atoms with Gasteiger partial charge in [-0.2, -0.15) is 13.2 Å². The maximum Gasteiger partial charge on any atom is 0.417 e. The number of carbonyl (C=O) groups excluding carboxylic acids is 1. The second-order valence-electron chi connectivity index (χ2n) is 6.80. The van der Waals surface area contributed by atoms with Crippen molar-refractivity contribution in [2.75, 3.05) is 0 Å². The molecule has 0 atom stereocenters. The predicted molar refractivity (Wildman–Crippen MR) is 106 cm³/mol. The van der Waals surface area contributed by atoms with Crippen molar-refractivity contribution >= 4 is 16.8 Å². The van der Waals surface area contributed by atoms with E-state index in [9.17, 15) is 18.0 Å². The highest BCUT2D eigenvalue weighted by Gasteiger charge is 2.37. The summed E-state index contributed by atoms with van der Waals surface area (Å²) in [5.74, 6) is -0.819. The largest absolute Gasteiger partial charge is 0.417 e. The molecule has 8 heteroatoms. The van der Waals surface area contributed by atoms with Crippen molar-refractivity contribution in [3.05, 3.63) is 95.7 Å². The Balaban J connectivity index is 1.56. The van der Waals surface area contributed by atoms with Gasteiger partial charge in [0.2, 0.25) is 0 Å². The Morgan fingerprint density at radius 2 is 1.87 bits per heavy atom. The van der Waals surface area contributed by atoms with Crippen LogP contribution in [0.1, 0.15) is 27.0 Å². The van der Waals surface area contributed by atoms with E-state index < -0.39 is 23.2 Å². The number of alkyl halides is 3. The number of nitrogens with one attached hydrogen (secondary N) is 1. The fraction of sp³-hybridized carbons (Fsp3) is 0.136. The number of imidazole rings is 1. The van der Waals surface area contributed by atoms with Crippen molar-refractivity contribution in [1.82, 2.24) is 19.9 Å². The van der Waals surface area contributed by atoms with Crippen molar-refractivity contribution < 1.29 is 18.0 Å². The first kappa shape index (κ1) is 19.6. The molecule has 2 heterocycles. The zero-order valence-electron chi connectivity index (χ0n) is 15.7. The van der Waals surface area contributed by atoms with Crippen LogP contribution >= 0.6 is 0 Å². The van der Waals surface area contributed by atoms with E-state index in [1.807, 2.05) is 29.0 Å². The molecule has 0 aliphatic rings. The van der Waals surface area contributed by atoms with Crippen LogP contribution in [0.25, 0.3) is 10.9 Å². The average Bonchev–Trinajstić information content (AvgIpc) is 3.23. The third kappa shape index (κ3) is 4.17. The summed E-state index contributed by atoms with van der Waals surface area (Å²) in [6.07, 6.45) is 1.51. The van der Waals surface area contributed by atoms with E-state index in [4.69, 9.17) is 0 Å². The normalized spacial score (nSPS) is 11.6. The number of fused-ring (bicyclic) bond motifs is 1. The van der Waals surface area contributed by atoms with E-state index in [1.54, 1.807) is 24.7 Å². The molecule has 2 aromatic heterocycles. The summed E-state index contributed by atoms with van der Waals surface area (Å²) in [5.41, 5.74) is 0.496. The number of nitrogens with zero attached hydrogens (tertiary/aromatic N) is 3. The minimum atomic E-state index is -4.68. The van der Waals surface area contributed by atoms with Gasteiger partial charge < -0.3 is 9.88 Å². The standard InChI is InChI=1S/C22H17F3N4O/c23-22(24,25)20-17-6-1-2-7-19(17)27-12-18(20)21(30)28-11-15-4-3-5-16(10-15)13-29-9-8-26-14-29/h1-10,12,14H,11,13H2,(H,28,30). The van der Waals surface area contributed by atoms with Gasteiger partial charge in [-0.3, -0.25) is 9.78 Å². The summed E-state index contributed by atoms with van der Waals surface area (Å²) in [6, 6.07) is 13.4. The average molecular weight is 410 g/mol. The molecule has 5 nitrogen and oxygen atoms in total. The lowest BCUT2D eigenvalue weighted by molar-refractivity contribution is -0.136. The number of aromatic nitrogens is 3. The third-order valence-corrected chi connectivity index (χ3v) is 4.67. The van der Waals surface area contributed by atoms with Crippen LogP contribution in [-0.2, 0) is 19.3 Å². The summed E-state index contributed by atoms with van der Waals surface area (Å²) in [5, 5.41) is 2.48. The third-order valence-electron chi connectivity index (χ3n) is 4.67. The number of benzene rings is 2. The molecule has 0 saturated heterocycles. The van der Waals surface area contributed by atoms with Gasteiger partial charge in [-0.05, 0) is 17.2 Å². The summed E-state index contributed by atoms with van der Waals surface area (Å²) >= 11 is 0. The Morgan fingerprint density at radius 1 is 1.07 bits per heavy atom. The second kappa shape index (κ2) is 7.98. The van der Waals surface area contributed by atoms with Gasteiger partial charge in [-0.1, -0.05) is 42.5 Å². The zero-order valence-corrected chi connectivity index (χ0v) is 15.7. The van der Waals surface area contributed by atoms with E-state index in [0.717, 1.165) is 17.3 Å². The van der Waals surface area contributed by atoms with E-state index in [-0.39, 0.29) is 17.4 Å². The molecule has 30 heavy (non-hydrogen) atoms. The minimum Gasteiger partial charge on any atom is -0.348 e. The molecule has 0 aliphatic carbocycles. The molecule has 0 bridgehead atoms. The maximum atomic E-state index is 13.7. The molecular formula is C22H17F3N4O. The molecule has 0 fully saturated rings. The highest BCUT2D eigenvalue weighted by Crippen LogP contribution is 2.36. The molecule has 152 valence electrons. The summed E-state index contributed by atoms with van der Waals surface area (Å²) in [7, 11) is 0. The van der Waals surface area contributed by atoms with E-state index in [2.05, 4.69) is 15.3 Å². The first-order chi connectivity index (χ1) is 14.4. The SMILES string of the molecule is O=C(NCc1cccc(Cn2ccnc2)c1)c1cnc2ccccc2c1C(F)(F)F. The summed E-state index contributed by atoms with van der Waals surface area (Å²) in [4.78, 5) is 20.6. The Hall–Kier alpha value is -3.68. The fourth-order valence-electron chi connectivity index (χ4n) is 3.33. The summed E-state index contributed by atoms with van der Waals surface area (Å²) < 4.78 is 43.1. The Labute approximate surface area is 170 Å². The molecule has 2 aromatic carbocycles. The first-order valence-electron chi connectivity index (χ1n) is 9.18. The maximum absolute atomic E-state index is 13.7. The van der Waals surface area contributed by atoms with Gasteiger partial charge in [0.05, 0.1) is 23.0 Å². The highest BCUT2D eigenvalue weighted by atomic mass is 19.4. The van der Waals surface area contributed by atoms with Gasteiger partial charge >= 0.3 is 6.18 Å². The zero-order chi connectivity index (χ0) is 21.1. The second-order valence-corrected chi connectivity index (χ2v) is 6.80. The Kier molecular flexibility index (Phi) is 5.22. The van der Waals surface area contributed by atoms with Gasteiger partial charge in [0.15, 0.2) is 0 Å². The van der Waals surface area contributed by atoms with Crippen LogP contribution in [0.4, 0.5) is 13.2 Å². The predicted octanol–water partition coefficient (Wildman–Crippen LogP) is 4.43. The van der Waals surface area contributed by atoms with Crippen molar-refractivity contribution in [2.45, 2.75) is 19.3 Å². The molecule has 0 aliphatic heterocycles. The lowest BCUT2D eigenvalue weighted by atomic mass is 10.0. The number of amides is 1. The molecule has 0 unspecified atom stereocenters. The van der Waals surface area contributed by atoms with Crippen LogP contribution in [0.2, 0.25) is 0 Å². The summed E-state index contributed by atoms with van der Waals surface area (Å²) in [6.45, 7) is 0.704. The molecule has 0 saturated carbocycles. The quantitative estimate of drug-likeness (QED) is 0.530. The van der Waals surface area contributed by atoms with Gasteiger partial charge in [0, 0.05) is 37.1 Å². The Bertz CT molecular complexity index is 1190. The number of halogens is 3. The van der Waals surface area contributed by atoms with Gasteiger partial charge in [-0.25, -0.2) is 4.98 Å². The lowest BCUT2D eigenvalue weighted by Gasteiger charge is -2.15. The number of carbonyl (C=O) groups is 1. The van der Waals surface area contributed by atoms with Gasteiger partial charge in [0.1, 0.15) is 0 Å². The van der Waals surface area contributed by atoms with Crippen LogP contribution in [0.15, 0.2) is 73.4 Å². The molecule has 4 aromatic rings. The minimum absolute atomic E-state index is 0.0972. The van der Waals surface area contributed by atoms with Gasteiger partial charge in [0.25, 0.3) is 5.91 Å². The van der Waals surface area contributed by atoms with Crippen molar-refractivity contribution in [3.63, 3.8) is 0 Å². The van der Waals surface area contributed by atoms with Crippen LogP contribution in [0.5, 0.6) is 0 Å². The van der Waals surface area contributed by atoms with Crippen molar-refractivity contribution in [3.8, 4) is 0 Å². The van der Waals surface area contributed by atoms with Gasteiger partial charge in [-0.15, -0.1) is 0 Å². The number of hydrogen-bond acceptors (Lipinski definition) is 3. The number of para-hydroxylation sites is 1. The highest BCUT2D eigenvalue weighted by molar-refractivity contribution is 6.00. The van der Waals surface area contributed by atoms with Crippen LogP contribution in [0, 0.1) is 0 Å². The molecule has 1 amide bonds. The Morgan fingerprint density at radius 3 is 2.63 bits per heavy atom. The number of rotatable bonds is 5. The lowest BCUT2D eigenvalue weighted by Crippen LogP contribution is -2.26.